The van der Waals surface area contributed by atoms with E-state index in [4.69, 9.17) is 10.6 Å². The number of piperidine rings is 1. The monoisotopic (exact) mass is 394 g/mol. The van der Waals surface area contributed by atoms with Gasteiger partial charge >= 0.3 is 0 Å². The molecule has 1 aliphatic heterocycles. The number of anilines is 1. The fourth-order valence-corrected chi connectivity index (χ4v) is 3.61. The van der Waals surface area contributed by atoms with E-state index < -0.39 is 0 Å². The third kappa shape index (κ3) is 6.06. The number of amides is 1. The van der Waals surface area contributed by atoms with Crippen LogP contribution in [0.3, 0.4) is 0 Å². The quantitative estimate of drug-likeness (QED) is 0.427. The highest BCUT2D eigenvalue weighted by Crippen LogP contribution is 2.19. The van der Waals surface area contributed by atoms with E-state index >= 15 is 0 Å². The lowest BCUT2D eigenvalue weighted by Gasteiger charge is -2.26. The number of amidine groups is 1. The zero-order chi connectivity index (χ0) is 20.6. The summed E-state index contributed by atoms with van der Waals surface area (Å²) in [5.74, 6) is 0.00293. The van der Waals surface area contributed by atoms with Crippen LogP contribution in [0.2, 0.25) is 0 Å². The maximum atomic E-state index is 12.2. The molecule has 0 saturated carbocycles. The molecule has 3 N–H and O–H groups in total. The fraction of sp³-hybridized carbons (Fsp3) is 0.391. The molecule has 29 heavy (non-hydrogen) atoms. The number of hydrogen-bond donors (Lipinski definition) is 2. The lowest BCUT2D eigenvalue weighted by Crippen LogP contribution is -2.29. The Hall–Kier alpha value is -2.86. The molecule has 0 unspecified atom stereocenters. The number of hydrogen-bond acceptors (Lipinski definition) is 4. The number of benzene rings is 2. The minimum atomic E-state index is -0.266. The number of nitrogens with two attached hydrogens (primary N) is 1. The Morgan fingerprint density at radius 3 is 2.52 bits per heavy atom. The van der Waals surface area contributed by atoms with Gasteiger partial charge in [0.25, 0.3) is 5.91 Å². The third-order valence-electron chi connectivity index (χ3n) is 5.18. The molecule has 0 spiro atoms. The van der Waals surface area contributed by atoms with Crippen molar-refractivity contribution in [2.45, 2.75) is 39.7 Å². The second kappa shape index (κ2) is 10.1. The number of nitrogens with one attached hydrogen (secondary N) is 1. The van der Waals surface area contributed by atoms with Gasteiger partial charge in [0.15, 0.2) is 12.4 Å². The number of nitrogens with zero attached hydrogens (tertiary/aromatic N) is 2. The van der Waals surface area contributed by atoms with Crippen LogP contribution in [0.5, 0.6) is 0 Å². The Balaban J connectivity index is 1.54. The van der Waals surface area contributed by atoms with Crippen LogP contribution >= 0.6 is 0 Å². The molecule has 6 nitrogen and oxygen atoms in total. The van der Waals surface area contributed by atoms with Crippen LogP contribution < -0.4 is 11.1 Å². The summed E-state index contributed by atoms with van der Waals surface area (Å²) in [4.78, 5) is 19.8. The minimum absolute atomic E-state index is 0.193. The van der Waals surface area contributed by atoms with Crippen molar-refractivity contribution in [3.63, 3.8) is 0 Å². The summed E-state index contributed by atoms with van der Waals surface area (Å²) in [5, 5.41) is 6.80. The lowest BCUT2D eigenvalue weighted by atomic mass is 10.1. The number of para-hydroxylation sites is 1. The highest BCUT2D eigenvalue weighted by Gasteiger charge is 2.11. The van der Waals surface area contributed by atoms with Crippen molar-refractivity contribution < 1.29 is 9.63 Å². The van der Waals surface area contributed by atoms with E-state index in [0.29, 0.717) is 0 Å². The van der Waals surface area contributed by atoms with Crippen LogP contribution in [0.15, 0.2) is 47.6 Å². The van der Waals surface area contributed by atoms with Gasteiger partial charge in [-0.25, -0.2) is 0 Å². The van der Waals surface area contributed by atoms with Crippen molar-refractivity contribution in [1.29, 1.82) is 0 Å². The molecule has 1 amide bonds. The van der Waals surface area contributed by atoms with Gasteiger partial charge < -0.3 is 15.9 Å². The van der Waals surface area contributed by atoms with Crippen LogP contribution in [0.4, 0.5) is 5.69 Å². The predicted octanol–water partition coefficient (Wildman–Crippen LogP) is 3.56. The van der Waals surface area contributed by atoms with E-state index in [9.17, 15) is 4.79 Å². The predicted molar refractivity (Wildman–Crippen MR) is 117 cm³/mol. The van der Waals surface area contributed by atoms with Crippen molar-refractivity contribution in [3.8, 4) is 0 Å². The van der Waals surface area contributed by atoms with Crippen LogP contribution in [0.1, 0.15) is 41.5 Å². The molecule has 1 heterocycles. The molecule has 1 saturated heterocycles. The molecule has 1 aliphatic rings. The standard InChI is InChI=1S/C23H30N4O2/c1-17-8-6-9-18(2)22(17)25-21(28)16-29-26-23(24)20-11-7-10-19(14-20)15-27-12-4-3-5-13-27/h6-11,14H,3-5,12-13,15-16H2,1-2H3,(H2,24,26)(H,25,28). The smallest absolute Gasteiger partial charge is 0.265 e. The first-order valence-corrected chi connectivity index (χ1v) is 10.2. The highest BCUT2D eigenvalue weighted by molar-refractivity contribution is 5.97. The number of carbonyl (C=O) groups is 1. The summed E-state index contributed by atoms with van der Waals surface area (Å²) in [5.41, 5.74) is 10.9. The molecule has 2 aromatic carbocycles. The molecular weight excluding hydrogens is 364 g/mol. The fourth-order valence-electron chi connectivity index (χ4n) is 3.61. The number of rotatable bonds is 7. The molecule has 3 rings (SSSR count). The van der Waals surface area contributed by atoms with Gasteiger partial charge in [-0.3, -0.25) is 9.69 Å². The van der Waals surface area contributed by atoms with Crippen molar-refractivity contribution in [1.82, 2.24) is 4.90 Å². The van der Waals surface area contributed by atoms with Crippen molar-refractivity contribution >= 4 is 17.4 Å². The summed E-state index contributed by atoms with van der Waals surface area (Å²) < 4.78 is 0. The third-order valence-corrected chi connectivity index (χ3v) is 5.18. The van der Waals surface area contributed by atoms with Crippen LogP contribution in [-0.2, 0) is 16.2 Å². The SMILES string of the molecule is Cc1cccc(C)c1NC(=O)CO/N=C(\N)c1cccc(CN2CCCCC2)c1. The first-order valence-electron chi connectivity index (χ1n) is 10.2. The van der Waals surface area contributed by atoms with Gasteiger partial charge in [0.05, 0.1) is 0 Å². The van der Waals surface area contributed by atoms with E-state index in [0.717, 1.165) is 42.0 Å². The zero-order valence-electron chi connectivity index (χ0n) is 17.3. The van der Waals surface area contributed by atoms with E-state index in [-0.39, 0.29) is 18.3 Å². The number of oxime groups is 1. The normalized spacial score (nSPS) is 15.2. The molecule has 0 radical (unpaired) electrons. The van der Waals surface area contributed by atoms with Gasteiger partial charge in [0.2, 0.25) is 0 Å². The topological polar surface area (TPSA) is 79.9 Å². The molecule has 1 fully saturated rings. The molecule has 0 atom stereocenters. The largest absolute Gasteiger partial charge is 0.384 e. The zero-order valence-corrected chi connectivity index (χ0v) is 17.3. The van der Waals surface area contributed by atoms with Crippen molar-refractivity contribution in [2.75, 3.05) is 25.0 Å². The number of likely N-dealkylation sites (tertiary alicyclic amines) is 1. The van der Waals surface area contributed by atoms with E-state index in [1.165, 1.54) is 24.8 Å². The lowest BCUT2D eigenvalue weighted by molar-refractivity contribution is -0.120. The Bertz CT molecular complexity index is 853. The average Bonchev–Trinajstić information content (AvgIpc) is 2.72. The molecule has 0 aromatic heterocycles. The van der Waals surface area contributed by atoms with Gasteiger partial charge in [0, 0.05) is 17.8 Å². The molecule has 154 valence electrons. The van der Waals surface area contributed by atoms with Gasteiger partial charge in [-0.1, -0.05) is 48.0 Å². The van der Waals surface area contributed by atoms with Gasteiger partial charge in [-0.2, -0.15) is 0 Å². The molecule has 2 aromatic rings. The van der Waals surface area contributed by atoms with E-state index in [1.807, 2.05) is 50.2 Å². The second-order valence-electron chi connectivity index (χ2n) is 7.60. The highest BCUT2D eigenvalue weighted by atomic mass is 16.6. The Morgan fingerprint density at radius 2 is 1.79 bits per heavy atom. The van der Waals surface area contributed by atoms with Crippen molar-refractivity contribution in [3.05, 3.63) is 64.7 Å². The second-order valence-corrected chi connectivity index (χ2v) is 7.60. The molecule has 0 bridgehead atoms. The Morgan fingerprint density at radius 1 is 1.10 bits per heavy atom. The summed E-state index contributed by atoms with van der Waals surface area (Å²) >= 11 is 0. The summed E-state index contributed by atoms with van der Waals surface area (Å²) in [7, 11) is 0. The summed E-state index contributed by atoms with van der Waals surface area (Å²) in [6.45, 7) is 6.92. The average molecular weight is 395 g/mol. The number of carbonyl (C=O) groups excluding carboxylic acids is 1. The number of aryl methyl sites for hydroxylation is 2. The summed E-state index contributed by atoms with van der Waals surface area (Å²) in [6, 6.07) is 13.9. The molecular formula is C23H30N4O2. The van der Waals surface area contributed by atoms with Gasteiger partial charge in [-0.15, -0.1) is 0 Å². The maximum Gasteiger partial charge on any atom is 0.265 e. The van der Waals surface area contributed by atoms with Crippen LogP contribution in [-0.4, -0.2) is 36.3 Å². The molecule has 6 heteroatoms. The first kappa shape index (κ1) is 20.9. The first-order chi connectivity index (χ1) is 14.0. The maximum absolute atomic E-state index is 12.2. The van der Waals surface area contributed by atoms with Crippen LogP contribution in [0.25, 0.3) is 0 Å². The Kier molecular flexibility index (Phi) is 7.25. The van der Waals surface area contributed by atoms with E-state index in [2.05, 4.69) is 21.4 Å². The molecule has 0 aliphatic carbocycles. The Labute approximate surface area is 172 Å². The minimum Gasteiger partial charge on any atom is -0.384 e. The van der Waals surface area contributed by atoms with Crippen molar-refractivity contribution in [2.24, 2.45) is 10.9 Å². The van der Waals surface area contributed by atoms with Gasteiger partial charge in [-0.05, 0) is 62.5 Å². The van der Waals surface area contributed by atoms with Crippen LogP contribution in [0, 0.1) is 13.8 Å². The van der Waals surface area contributed by atoms with E-state index in [1.54, 1.807) is 0 Å². The summed E-state index contributed by atoms with van der Waals surface area (Å²) in [6.07, 6.45) is 3.85. The van der Waals surface area contributed by atoms with Gasteiger partial charge in [0.1, 0.15) is 0 Å².